The highest BCUT2D eigenvalue weighted by Crippen LogP contribution is 2.40. The van der Waals surface area contributed by atoms with Gasteiger partial charge in [-0.3, -0.25) is 0 Å². The van der Waals surface area contributed by atoms with Crippen LogP contribution in [0.2, 0.25) is 5.02 Å². The Balaban J connectivity index is 1.90. The van der Waals surface area contributed by atoms with E-state index in [0.29, 0.717) is 5.89 Å². The third-order valence-electron chi connectivity index (χ3n) is 3.97. The van der Waals surface area contributed by atoms with Crippen LogP contribution in [0.5, 0.6) is 0 Å². The van der Waals surface area contributed by atoms with Crippen LogP contribution in [0.25, 0.3) is 42.7 Å². The van der Waals surface area contributed by atoms with Gasteiger partial charge in [0.2, 0.25) is 5.89 Å². The smallest absolute Gasteiger partial charge is 0.227 e. The Kier molecular flexibility index (Phi) is 2.75. The molecule has 4 heteroatoms. The summed E-state index contributed by atoms with van der Waals surface area (Å²) in [5.74, 6) is 0.648. The van der Waals surface area contributed by atoms with E-state index in [9.17, 15) is 0 Å². The van der Waals surface area contributed by atoms with Crippen LogP contribution in [0.4, 0.5) is 0 Å². The second kappa shape index (κ2) is 4.82. The Morgan fingerprint density at radius 3 is 2.61 bits per heavy atom. The monoisotopic (exact) mass is 335 g/mol. The minimum absolute atomic E-state index is 0.648. The summed E-state index contributed by atoms with van der Waals surface area (Å²) >= 11 is 7.93. The van der Waals surface area contributed by atoms with Gasteiger partial charge in [0, 0.05) is 30.8 Å². The fourth-order valence-corrected chi connectivity index (χ4v) is 4.18. The highest BCUT2D eigenvalue weighted by atomic mass is 35.5. The second-order valence-electron chi connectivity index (χ2n) is 5.41. The number of aromatic nitrogens is 1. The van der Waals surface area contributed by atoms with Gasteiger partial charge in [0.15, 0.2) is 5.58 Å². The van der Waals surface area contributed by atoms with Crippen molar-refractivity contribution in [1.82, 2.24) is 4.98 Å². The first-order chi connectivity index (χ1) is 11.3. The Morgan fingerprint density at radius 1 is 0.913 bits per heavy atom. The van der Waals surface area contributed by atoms with Crippen LogP contribution < -0.4 is 0 Å². The van der Waals surface area contributed by atoms with E-state index in [-0.39, 0.29) is 0 Å². The maximum atomic E-state index is 6.19. The van der Waals surface area contributed by atoms with E-state index < -0.39 is 0 Å². The number of nitrogens with zero attached hydrogens (tertiary/aromatic N) is 1. The van der Waals surface area contributed by atoms with Gasteiger partial charge in [-0.05, 0) is 42.5 Å². The molecule has 0 aliphatic carbocycles. The Labute approximate surface area is 140 Å². The van der Waals surface area contributed by atoms with Crippen LogP contribution >= 0.6 is 22.9 Å². The van der Waals surface area contributed by atoms with Crippen molar-refractivity contribution in [3.63, 3.8) is 0 Å². The lowest BCUT2D eigenvalue weighted by atomic mass is 10.1. The molecule has 0 spiro atoms. The van der Waals surface area contributed by atoms with Crippen LogP contribution in [0, 0.1) is 0 Å². The highest BCUT2D eigenvalue weighted by molar-refractivity contribution is 7.26. The molecule has 0 saturated heterocycles. The largest absolute Gasteiger partial charge is 0.435 e. The van der Waals surface area contributed by atoms with Crippen molar-refractivity contribution in [2.75, 3.05) is 0 Å². The summed E-state index contributed by atoms with van der Waals surface area (Å²) in [6.07, 6.45) is 0. The van der Waals surface area contributed by atoms with Crippen molar-refractivity contribution in [3.8, 4) is 11.5 Å². The molecule has 0 aliphatic heterocycles. The van der Waals surface area contributed by atoms with Gasteiger partial charge in [0.25, 0.3) is 0 Å². The number of benzene rings is 3. The Morgan fingerprint density at radius 2 is 1.74 bits per heavy atom. The van der Waals surface area contributed by atoms with Gasteiger partial charge in [0.05, 0.1) is 0 Å². The number of hydrogen-bond acceptors (Lipinski definition) is 3. The Bertz CT molecular complexity index is 1170. The molecule has 0 unspecified atom stereocenters. The summed E-state index contributed by atoms with van der Waals surface area (Å²) in [6, 6.07) is 20.1. The van der Waals surface area contributed by atoms with Gasteiger partial charge < -0.3 is 4.42 Å². The maximum Gasteiger partial charge on any atom is 0.227 e. The minimum atomic E-state index is 0.648. The van der Waals surface area contributed by atoms with Crippen LogP contribution in [0.1, 0.15) is 0 Å². The van der Waals surface area contributed by atoms with Gasteiger partial charge in [-0.25, -0.2) is 4.98 Å². The zero-order valence-corrected chi connectivity index (χ0v) is 13.5. The molecule has 0 amide bonds. The molecule has 5 rings (SSSR count). The van der Waals surface area contributed by atoms with Gasteiger partial charge in [-0.1, -0.05) is 29.8 Å². The number of rotatable bonds is 1. The summed E-state index contributed by atoms with van der Waals surface area (Å²) in [7, 11) is 0. The van der Waals surface area contributed by atoms with Crippen molar-refractivity contribution < 1.29 is 4.42 Å². The zero-order valence-electron chi connectivity index (χ0n) is 11.9. The predicted molar refractivity (Wildman–Crippen MR) is 97.3 cm³/mol. The van der Waals surface area contributed by atoms with Crippen molar-refractivity contribution in [2.45, 2.75) is 0 Å². The van der Waals surface area contributed by atoms with E-state index >= 15 is 0 Å². The topological polar surface area (TPSA) is 26.0 Å². The molecule has 2 nitrogen and oxygen atoms in total. The molecule has 23 heavy (non-hydrogen) atoms. The highest BCUT2D eigenvalue weighted by Gasteiger charge is 2.15. The summed E-state index contributed by atoms with van der Waals surface area (Å²) in [5, 5.41) is 2.95. The normalized spacial score (nSPS) is 11.7. The quantitative estimate of drug-likeness (QED) is 0.348. The molecule has 3 aromatic carbocycles. The predicted octanol–water partition coefficient (Wildman–Crippen LogP) is 6.52. The third-order valence-corrected chi connectivity index (χ3v) is 5.34. The standard InChI is InChI=1S/C19H10ClNOS/c20-12-6-8-15-13(10-12)17-16(23-15)9-7-14-18(17)22-19(21-14)11-4-2-1-3-5-11/h1-10H. The fourth-order valence-electron chi connectivity index (χ4n) is 2.92. The fraction of sp³-hybridized carbons (Fsp3) is 0. The van der Waals surface area contributed by atoms with Crippen LogP contribution in [-0.2, 0) is 0 Å². The molecular formula is C19H10ClNOS. The number of halogens is 1. The first kappa shape index (κ1) is 13.1. The van der Waals surface area contributed by atoms with Gasteiger partial charge in [0.1, 0.15) is 5.52 Å². The summed E-state index contributed by atoms with van der Waals surface area (Å²) in [5.41, 5.74) is 2.68. The van der Waals surface area contributed by atoms with Crippen LogP contribution in [-0.4, -0.2) is 4.98 Å². The van der Waals surface area contributed by atoms with Crippen molar-refractivity contribution >= 4 is 54.2 Å². The molecule has 2 heterocycles. The lowest BCUT2D eigenvalue weighted by Crippen LogP contribution is -1.74. The van der Waals surface area contributed by atoms with Gasteiger partial charge in [-0.15, -0.1) is 11.3 Å². The van der Waals surface area contributed by atoms with Crippen molar-refractivity contribution in [3.05, 3.63) is 65.7 Å². The summed E-state index contributed by atoms with van der Waals surface area (Å²) in [6.45, 7) is 0. The van der Waals surface area contributed by atoms with E-state index in [1.807, 2.05) is 48.5 Å². The number of oxazole rings is 1. The van der Waals surface area contributed by atoms with E-state index in [2.05, 4.69) is 17.1 Å². The summed E-state index contributed by atoms with van der Waals surface area (Å²) in [4.78, 5) is 4.65. The average molecular weight is 336 g/mol. The minimum Gasteiger partial charge on any atom is -0.435 e. The van der Waals surface area contributed by atoms with E-state index in [0.717, 1.165) is 32.5 Å². The van der Waals surface area contributed by atoms with E-state index in [1.54, 1.807) is 11.3 Å². The lowest BCUT2D eigenvalue weighted by molar-refractivity contribution is 0.623. The first-order valence-electron chi connectivity index (χ1n) is 7.26. The molecule has 0 radical (unpaired) electrons. The number of hydrogen-bond donors (Lipinski definition) is 0. The summed E-state index contributed by atoms with van der Waals surface area (Å²) < 4.78 is 8.52. The molecule has 0 bridgehead atoms. The van der Waals surface area contributed by atoms with E-state index in [1.165, 1.54) is 9.40 Å². The van der Waals surface area contributed by atoms with Gasteiger partial charge in [-0.2, -0.15) is 0 Å². The van der Waals surface area contributed by atoms with E-state index in [4.69, 9.17) is 16.0 Å². The molecule has 0 saturated carbocycles. The third kappa shape index (κ3) is 1.97. The van der Waals surface area contributed by atoms with Crippen molar-refractivity contribution in [1.29, 1.82) is 0 Å². The van der Waals surface area contributed by atoms with Crippen LogP contribution in [0.3, 0.4) is 0 Å². The second-order valence-corrected chi connectivity index (χ2v) is 6.93. The maximum absolute atomic E-state index is 6.19. The molecule has 0 fully saturated rings. The molecule has 2 aromatic heterocycles. The molecule has 5 aromatic rings. The molecule has 0 atom stereocenters. The first-order valence-corrected chi connectivity index (χ1v) is 8.46. The average Bonchev–Trinajstić information content (AvgIpc) is 3.16. The lowest BCUT2D eigenvalue weighted by Gasteiger charge is -1.94. The van der Waals surface area contributed by atoms with Crippen LogP contribution in [0.15, 0.2) is 65.1 Å². The molecule has 110 valence electrons. The molecule has 0 aliphatic rings. The molecule has 0 N–H and O–H groups in total. The molecular weight excluding hydrogens is 326 g/mol. The number of fused-ring (bicyclic) bond motifs is 5. The number of thiophene rings is 1. The Hall–Kier alpha value is -2.36. The zero-order chi connectivity index (χ0) is 15.4. The van der Waals surface area contributed by atoms with Gasteiger partial charge >= 0.3 is 0 Å². The SMILES string of the molecule is Clc1ccc2sc3ccc4nc(-c5ccccc5)oc4c3c2c1. The van der Waals surface area contributed by atoms with Crippen molar-refractivity contribution in [2.24, 2.45) is 0 Å².